The van der Waals surface area contributed by atoms with Gasteiger partial charge in [-0.2, -0.15) is 0 Å². The molecule has 0 fully saturated rings. The number of nitrogens with zero attached hydrogens (tertiary/aromatic N) is 2. The van der Waals surface area contributed by atoms with E-state index in [1.807, 2.05) is 19.1 Å². The molecule has 21 heavy (non-hydrogen) atoms. The van der Waals surface area contributed by atoms with Crippen molar-refractivity contribution < 1.29 is 9.18 Å². The number of carbonyl (C=O) groups excluding carboxylic acids is 1. The van der Waals surface area contributed by atoms with Gasteiger partial charge in [-0.15, -0.1) is 0 Å². The monoisotopic (exact) mass is 283 g/mol. The molecule has 0 atom stereocenters. The molecule has 106 valence electrons. The number of halogens is 1. The summed E-state index contributed by atoms with van der Waals surface area (Å²) in [7, 11) is 0. The second kappa shape index (κ2) is 5.01. The summed E-state index contributed by atoms with van der Waals surface area (Å²) in [6.07, 6.45) is 1.79. The van der Waals surface area contributed by atoms with Crippen LogP contribution in [0.25, 0.3) is 5.65 Å². The van der Waals surface area contributed by atoms with Crippen molar-refractivity contribution in [3.63, 3.8) is 0 Å². The third-order valence-corrected chi connectivity index (χ3v) is 3.32. The predicted octanol–water partition coefficient (Wildman–Crippen LogP) is 3.34. The predicted molar refractivity (Wildman–Crippen MR) is 79.0 cm³/mol. The van der Waals surface area contributed by atoms with Crippen LogP contribution >= 0.6 is 0 Å². The van der Waals surface area contributed by atoms with Crippen molar-refractivity contribution in [2.75, 3.05) is 5.32 Å². The van der Waals surface area contributed by atoms with Gasteiger partial charge >= 0.3 is 0 Å². The molecule has 0 unspecified atom stereocenters. The summed E-state index contributed by atoms with van der Waals surface area (Å²) in [4.78, 5) is 16.9. The molecule has 0 spiro atoms. The lowest BCUT2D eigenvalue weighted by Gasteiger charge is -2.06. The van der Waals surface area contributed by atoms with Crippen molar-refractivity contribution in [3.05, 3.63) is 65.4 Å². The van der Waals surface area contributed by atoms with Crippen LogP contribution in [0.3, 0.4) is 0 Å². The van der Waals surface area contributed by atoms with Gasteiger partial charge in [0.05, 0.1) is 5.69 Å². The molecule has 0 aliphatic carbocycles. The van der Waals surface area contributed by atoms with Crippen LogP contribution in [-0.2, 0) is 0 Å². The Kier molecular flexibility index (Phi) is 3.17. The molecule has 1 amide bonds. The average molecular weight is 283 g/mol. The summed E-state index contributed by atoms with van der Waals surface area (Å²) in [6, 6.07) is 9.61. The fraction of sp³-hybridized carbons (Fsp3) is 0.125. The fourth-order valence-electron chi connectivity index (χ4n) is 2.35. The number of amides is 1. The summed E-state index contributed by atoms with van der Waals surface area (Å²) < 4.78 is 14.9. The maximum Gasteiger partial charge on any atom is 0.274 e. The third kappa shape index (κ3) is 2.38. The molecule has 1 aromatic carbocycles. The van der Waals surface area contributed by atoms with E-state index in [2.05, 4.69) is 10.3 Å². The van der Waals surface area contributed by atoms with Gasteiger partial charge in [-0.3, -0.25) is 9.20 Å². The van der Waals surface area contributed by atoms with E-state index in [9.17, 15) is 9.18 Å². The fourth-order valence-corrected chi connectivity index (χ4v) is 2.35. The molecule has 0 saturated carbocycles. The molecule has 2 heterocycles. The highest BCUT2D eigenvalue weighted by Gasteiger charge is 2.17. The second-order valence-electron chi connectivity index (χ2n) is 4.90. The molecule has 5 heteroatoms. The first kappa shape index (κ1) is 13.3. The van der Waals surface area contributed by atoms with Gasteiger partial charge in [0.2, 0.25) is 0 Å². The SMILES string of the molecule is Cc1nc2c(C)cccn2c1C(=O)Nc1cccc(F)c1. The van der Waals surface area contributed by atoms with Crippen LogP contribution in [0.4, 0.5) is 10.1 Å². The average Bonchev–Trinajstić information content (AvgIpc) is 2.76. The minimum atomic E-state index is -0.390. The quantitative estimate of drug-likeness (QED) is 0.784. The molecule has 0 aliphatic heterocycles. The number of anilines is 1. The standard InChI is InChI=1S/C16H14FN3O/c1-10-5-4-8-20-14(11(2)18-15(10)20)16(21)19-13-7-3-6-12(17)9-13/h3-9H,1-2H3,(H,19,21). The smallest absolute Gasteiger partial charge is 0.274 e. The molecule has 0 saturated heterocycles. The maximum absolute atomic E-state index is 13.2. The Morgan fingerprint density at radius 1 is 1.24 bits per heavy atom. The van der Waals surface area contributed by atoms with Crippen molar-refractivity contribution >= 4 is 17.2 Å². The molecule has 0 bridgehead atoms. The van der Waals surface area contributed by atoms with Gasteiger partial charge in [0.15, 0.2) is 0 Å². The van der Waals surface area contributed by atoms with Crippen LogP contribution in [0.1, 0.15) is 21.7 Å². The number of carbonyl (C=O) groups is 1. The minimum absolute atomic E-state index is 0.309. The summed E-state index contributed by atoms with van der Waals surface area (Å²) >= 11 is 0. The van der Waals surface area contributed by atoms with E-state index in [0.29, 0.717) is 17.1 Å². The first-order valence-corrected chi connectivity index (χ1v) is 6.57. The van der Waals surface area contributed by atoms with Gasteiger partial charge in [-0.25, -0.2) is 9.37 Å². The number of hydrogen-bond donors (Lipinski definition) is 1. The van der Waals surface area contributed by atoms with Crippen molar-refractivity contribution in [1.29, 1.82) is 0 Å². The molecular weight excluding hydrogens is 269 g/mol. The summed E-state index contributed by atoms with van der Waals surface area (Å²) in [5.41, 5.74) is 3.25. The van der Waals surface area contributed by atoms with Crippen LogP contribution in [0.15, 0.2) is 42.6 Å². The zero-order valence-corrected chi connectivity index (χ0v) is 11.7. The lowest BCUT2D eigenvalue weighted by Crippen LogP contribution is -2.15. The third-order valence-electron chi connectivity index (χ3n) is 3.32. The van der Waals surface area contributed by atoms with E-state index in [-0.39, 0.29) is 5.91 Å². The van der Waals surface area contributed by atoms with E-state index < -0.39 is 5.82 Å². The number of benzene rings is 1. The number of fused-ring (bicyclic) bond motifs is 1. The molecule has 3 aromatic rings. The van der Waals surface area contributed by atoms with Gasteiger partial charge in [-0.1, -0.05) is 12.1 Å². The Morgan fingerprint density at radius 2 is 2.05 bits per heavy atom. The topological polar surface area (TPSA) is 46.4 Å². The molecule has 4 nitrogen and oxygen atoms in total. The van der Waals surface area contributed by atoms with E-state index >= 15 is 0 Å². The second-order valence-corrected chi connectivity index (χ2v) is 4.90. The lowest BCUT2D eigenvalue weighted by molar-refractivity contribution is 0.102. The van der Waals surface area contributed by atoms with Crippen molar-refractivity contribution in [1.82, 2.24) is 9.38 Å². The highest BCUT2D eigenvalue weighted by Crippen LogP contribution is 2.17. The van der Waals surface area contributed by atoms with Gasteiger partial charge < -0.3 is 5.32 Å². The van der Waals surface area contributed by atoms with Crippen LogP contribution in [0.2, 0.25) is 0 Å². The van der Waals surface area contributed by atoms with Gasteiger partial charge in [0.1, 0.15) is 17.2 Å². The highest BCUT2D eigenvalue weighted by molar-refractivity contribution is 6.04. The number of pyridine rings is 1. The first-order valence-electron chi connectivity index (χ1n) is 6.57. The summed E-state index contributed by atoms with van der Waals surface area (Å²) in [5, 5.41) is 2.70. The van der Waals surface area contributed by atoms with E-state index in [1.54, 1.807) is 29.7 Å². The van der Waals surface area contributed by atoms with Crippen molar-refractivity contribution in [2.24, 2.45) is 0 Å². The molecule has 0 radical (unpaired) electrons. The Morgan fingerprint density at radius 3 is 2.81 bits per heavy atom. The number of imidazole rings is 1. The Hall–Kier alpha value is -2.69. The Balaban J connectivity index is 2.02. The number of rotatable bonds is 2. The van der Waals surface area contributed by atoms with E-state index in [1.165, 1.54) is 12.1 Å². The molecule has 2 aromatic heterocycles. The molecular formula is C16H14FN3O. The van der Waals surface area contributed by atoms with Crippen LogP contribution in [0, 0.1) is 19.7 Å². The normalized spacial score (nSPS) is 10.8. The van der Waals surface area contributed by atoms with Crippen LogP contribution in [0.5, 0.6) is 0 Å². The first-order chi connectivity index (χ1) is 10.1. The molecule has 0 aliphatic rings. The zero-order valence-electron chi connectivity index (χ0n) is 11.7. The minimum Gasteiger partial charge on any atom is -0.321 e. The summed E-state index contributed by atoms with van der Waals surface area (Å²) in [6.45, 7) is 3.73. The van der Waals surface area contributed by atoms with Gasteiger partial charge in [0, 0.05) is 11.9 Å². The highest BCUT2D eigenvalue weighted by atomic mass is 19.1. The molecule has 3 rings (SSSR count). The largest absolute Gasteiger partial charge is 0.321 e. The number of nitrogens with one attached hydrogen (secondary N) is 1. The lowest BCUT2D eigenvalue weighted by atomic mass is 10.2. The zero-order chi connectivity index (χ0) is 15.0. The van der Waals surface area contributed by atoms with Crippen LogP contribution in [-0.4, -0.2) is 15.3 Å². The number of hydrogen-bond acceptors (Lipinski definition) is 2. The number of aryl methyl sites for hydroxylation is 2. The van der Waals surface area contributed by atoms with Crippen molar-refractivity contribution in [3.8, 4) is 0 Å². The Labute approximate surface area is 121 Å². The van der Waals surface area contributed by atoms with Gasteiger partial charge in [0.25, 0.3) is 5.91 Å². The Bertz CT molecular complexity index is 839. The summed E-state index contributed by atoms with van der Waals surface area (Å²) in [5.74, 6) is -0.699. The van der Waals surface area contributed by atoms with Crippen molar-refractivity contribution in [2.45, 2.75) is 13.8 Å². The molecule has 1 N–H and O–H groups in total. The van der Waals surface area contributed by atoms with Gasteiger partial charge in [-0.05, 0) is 43.7 Å². The van der Waals surface area contributed by atoms with Crippen LogP contribution < -0.4 is 5.32 Å². The number of aromatic nitrogens is 2. The van der Waals surface area contributed by atoms with E-state index in [4.69, 9.17) is 0 Å². The maximum atomic E-state index is 13.2. The van der Waals surface area contributed by atoms with E-state index in [0.717, 1.165) is 11.2 Å².